The van der Waals surface area contributed by atoms with E-state index in [4.69, 9.17) is 0 Å². The Morgan fingerprint density at radius 1 is 1.33 bits per heavy atom. The Kier molecular flexibility index (Phi) is 5.16. The molecule has 3 aromatic rings. The Labute approximate surface area is 143 Å². The van der Waals surface area contributed by atoms with Gasteiger partial charge in [0, 0.05) is 10.9 Å². The molecule has 10 heteroatoms. The van der Waals surface area contributed by atoms with Crippen molar-refractivity contribution < 1.29 is 13.6 Å². The largest absolute Gasteiger partial charge is 0.323 e. The number of hydrogen-bond acceptors (Lipinski definition) is 6. The van der Waals surface area contributed by atoms with Crippen molar-refractivity contribution in [1.29, 1.82) is 0 Å². The van der Waals surface area contributed by atoms with E-state index in [0.29, 0.717) is 17.8 Å². The number of thiophene rings is 1. The first-order valence-corrected chi connectivity index (χ1v) is 8.64. The van der Waals surface area contributed by atoms with Crippen LogP contribution in [0.1, 0.15) is 4.88 Å². The second-order valence-electron chi connectivity index (χ2n) is 4.66. The molecule has 1 amide bonds. The highest BCUT2D eigenvalue weighted by Gasteiger charge is 2.12. The minimum atomic E-state index is -0.823. The summed E-state index contributed by atoms with van der Waals surface area (Å²) in [6.07, 6.45) is 0. The second-order valence-corrected chi connectivity index (χ2v) is 6.63. The van der Waals surface area contributed by atoms with Crippen molar-refractivity contribution in [2.24, 2.45) is 0 Å². The fourth-order valence-electron chi connectivity index (χ4n) is 1.86. The van der Waals surface area contributed by atoms with E-state index < -0.39 is 17.5 Å². The number of tetrazole rings is 1. The molecule has 0 atom stereocenters. The molecule has 0 saturated heterocycles. The minimum absolute atomic E-state index is 0.00162. The first-order valence-electron chi connectivity index (χ1n) is 6.78. The van der Waals surface area contributed by atoms with Crippen LogP contribution in [0.3, 0.4) is 0 Å². The third-order valence-corrected chi connectivity index (χ3v) is 4.74. The van der Waals surface area contributed by atoms with E-state index in [1.807, 2.05) is 17.5 Å². The molecule has 0 spiro atoms. The maximum Gasteiger partial charge on any atom is 0.234 e. The molecule has 0 fully saturated rings. The molecule has 3 rings (SSSR count). The molecule has 1 aromatic carbocycles. The molecule has 0 aliphatic heterocycles. The lowest BCUT2D eigenvalue weighted by atomic mass is 10.3. The summed E-state index contributed by atoms with van der Waals surface area (Å²) in [6.45, 7) is 0.515. The van der Waals surface area contributed by atoms with Gasteiger partial charge in [0.25, 0.3) is 0 Å². The van der Waals surface area contributed by atoms with Gasteiger partial charge < -0.3 is 5.32 Å². The zero-order chi connectivity index (χ0) is 16.9. The zero-order valence-electron chi connectivity index (χ0n) is 12.1. The van der Waals surface area contributed by atoms with Gasteiger partial charge in [0.15, 0.2) is 0 Å². The second kappa shape index (κ2) is 7.49. The quantitative estimate of drug-likeness (QED) is 0.678. The number of aromatic nitrogens is 4. The summed E-state index contributed by atoms with van der Waals surface area (Å²) in [5.41, 5.74) is -0.0693. The molecular formula is C14H11F2N5OS2. The van der Waals surface area contributed by atoms with Crippen molar-refractivity contribution in [3.8, 4) is 0 Å². The lowest BCUT2D eigenvalue weighted by molar-refractivity contribution is -0.113. The van der Waals surface area contributed by atoms with E-state index >= 15 is 0 Å². The van der Waals surface area contributed by atoms with Gasteiger partial charge in [-0.15, -0.1) is 16.4 Å². The molecule has 0 bridgehead atoms. The molecule has 0 radical (unpaired) electrons. The predicted octanol–water partition coefficient (Wildman–Crippen LogP) is 2.79. The van der Waals surface area contributed by atoms with Gasteiger partial charge in [-0.25, -0.2) is 13.5 Å². The van der Waals surface area contributed by atoms with Crippen LogP contribution in [0, 0.1) is 11.6 Å². The van der Waals surface area contributed by atoms with E-state index in [-0.39, 0.29) is 11.4 Å². The number of amides is 1. The minimum Gasteiger partial charge on any atom is -0.323 e. The Morgan fingerprint density at radius 2 is 2.21 bits per heavy atom. The lowest BCUT2D eigenvalue weighted by Crippen LogP contribution is -2.15. The predicted molar refractivity (Wildman–Crippen MR) is 86.9 cm³/mol. The third kappa shape index (κ3) is 4.15. The maximum absolute atomic E-state index is 13.5. The number of halogens is 2. The number of anilines is 1. The van der Waals surface area contributed by atoms with E-state index in [1.54, 1.807) is 16.0 Å². The Bertz CT molecular complexity index is 838. The Morgan fingerprint density at radius 3 is 2.96 bits per heavy atom. The number of hydrogen-bond donors (Lipinski definition) is 1. The average molecular weight is 367 g/mol. The fourth-order valence-corrected chi connectivity index (χ4v) is 3.22. The van der Waals surface area contributed by atoms with Gasteiger partial charge >= 0.3 is 0 Å². The average Bonchev–Trinajstić information content (AvgIpc) is 3.20. The molecule has 6 nitrogen and oxygen atoms in total. The third-order valence-electron chi connectivity index (χ3n) is 2.92. The number of carbonyl (C=O) groups is 1. The van der Waals surface area contributed by atoms with Gasteiger partial charge in [-0.3, -0.25) is 4.79 Å². The van der Waals surface area contributed by atoms with Crippen molar-refractivity contribution in [2.45, 2.75) is 11.7 Å². The van der Waals surface area contributed by atoms with E-state index in [2.05, 4.69) is 20.8 Å². The van der Waals surface area contributed by atoms with Crippen LogP contribution in [0.25, 0.3) is 0 Å². The van der Waals surface area contributed by atoms with Crippen molar-refractivity contribution in [3.05, 3.63) is 52.2 Å². The summed E-state index contributed by atoms with van der Waals surface area (Å²) in [7, 11) is 0. The van der Waals surface area contributed by atoms with Crippen LogP contribution >= 0.6 is 23.1 Å². The molecule has 0 aliphatic rings. The molecule has 2 aromatic heterocycles. The number of nitrogens with zero attached hydrogens (tertiary/aromatic N) is 4. The molecule has 124 valence electrons. The molecule has 0 saturated carbocycles. The summed E-state index contributed by atoms with van der Waals surface area (Å²) in [5, 5.41) is 16.2. The number of benzene rings is 1. The Balaban J connectivity index is 1.58. The van der Waals surface area contributed by atoms with Gasteiger partial charge in [-0.05, 0) is 34.0 Å². The SMILES string of the molecule is O=C(CSc1nnnn1Cc1cccs1)Nc1ccc(F)cc1F. The molecule has 24 heavy (non-hydrogen) atoms. The summed E-state index contributed by atoms with van der Waals surface area (Å²) in [6, 6.07) is 6.86. The fraction of sp³-hybridized carbons (Fsp3) is 0.143. The number of thioether (sulfide) groups is 1. The highest BCUT2D eigenvalue weighted by Crippen LogP contribution is 2.19. The van der Waals surface area contributed by atoms with Crippen LogP contribution in [0.2, 0.25) is 0 Å². The first-order chi connectivity index (χ1) is 11.6. The molecule has 0 unspecified atom stereocenters. The Hall–Kier alpha value is -2.33. The normalized spacial score (nSPS) is 10.8. The first kappa shape index (κ1) is 16.5. The van der Waals surface area contributed by atoms with E-state index in [0.717, 1.165) is 22.7 Å². The van der Waals surface area contributed by atoms with Crippen LogP contribution in [0.5, 0.6) is 0 Å². The summed E-state index contributed by atoms with van der Waals surface area (Å²) >= 11 is 2.72. The lowest BCUT2D eigenvalue weighted by Gasteiger charge is -2.06. The van der Waals surface area contributed by atoms with Crippen molar-refractivity contribution in [2.75, 3.05) is 11.1 Å². The van der Waals surface area contributed by atoms with Crippen LogP contribution in [0.15, 0.2) is 40.9 Å². The summed E-state index contributed by atoms with van der Waals surface area (Å²) in [5.74, 6) is -1.96. The highest BCUT2D eigenvalue weighted by atomic mass is 32.2. The number of carbonyl (C=O) groups excluding carboxylic acids is 1. The van der Waals surface area contributed by atoms with Crippen molar-refractivity contribution in [1.82, 2.24) is 20.2 Å². The molecule has 2 heterocycles. The molecule has 1 N–H and O–H groups in total. The molecular weight excluding hydrogens is 356 g/mol. The van der Waals surface area contributed by atoms with Gasteiger partial charge in [-0.2, -0.15) is 0 Å². The summed E-state index contributed by atoms with van der Waals surface area (Å²) < 4.78 is 27.9. The molecule has 0 aliphatic carbocycles. The zero-order valence-corrected chi connectivity index (χ0v) is 13.8. The van der Waals surface area contributed by atoms with Crippen molar-refractivity contribution in [3.63, 3.8) is 0 Å². The summed E-state index contributed by atoms with van der Waals surface area (Å²) in [4.78, 5) is 13.0. The number of rotatable bonds is 6. The van der Waals surface area contributed by atoms with Crippen molar-refractivity contribution >= 4 is 34.7 Å². The van der Waals surface area contributed by atoms with Crippen LogP contribution in [0.4, 0.5) is 14.5 Å². The van der Waals surface area contributed by atoms with Gasteiger partial charge in [-0.1, -0.05) is 17.8 Å². The standard InChI is InChI=1S/C14H11F2N5OS2/c15-9-3-4-12(11(16)6-9)17-13(22)8-24-14-18-19-20-21(14)7-10-2-1-5-23-10/h1-6H,7-8H2,(H,17,22). The van der Waals surface area contributed by atoms with Gasteiger partial charge in [0.2, 0.25) is 11.1 Å². The van der Waals surface area contributed by atoms with E-state index in [9.17, 15) is 13.6 Å². The number of nitrogens with one attached hydrogen (secondary N) is 1. The van der Waals surface area contributed by atoms with Gasteiger partial charge in [0.05, 0.1) is 18.0 Å². The maximum atomic E-state index is 13.5. The van der Waals surface area contributed by atoms with Crippen LogP contribution < -0.4 is 5.32 Å². The van der Waals surface area contributed by atoms with E-state index in [1.165, 1.54) is 6.07 Å². The monoisotopic (exact) mass is 367 g/mol. The van der Waals surface area contributed by atoms with Crippen LogP contribution in [-0.2, 0) is 11.3 Å². The highest BCUT2D eigenvalue weighted by molar-refractivity contribution is 7.99. The smallest absolute Gasteiger partial charge is 0.234 e. The van der Waals surface area contributed by atoms with Gasteiger partial charge in [0.1, 0.15) is 11.6 Å². The topological polar surface area (TPSA) is 72.7 Å². The van der Waals surface area contributed by atoms with Crippen LogP contribution in [-0.4, -0.2) is 31.9 Å².